The number of benzene rings is 1. The summed E-state index contributed by atoms with van der Waals surface area (Å²) in [5.41, 5.74) is 8.26. The number of hydrogen-bond acceptors (Lipinski definition) is 1. The van der Waals surface area contributed by atoms with Crippen molar-refractivity contribution in [2.75, 3.05) is 0 Å². The topological polar surface area (TPSA) is 30.9 Å². The summed E-state index contributed by atoms with van der Waals surface area (Å²) in [5.74, 6) is 0.0595. The number of hydrogen-bond donors (Lipinski definition) is 1. The molecule has 0 spiro atoms. The van der Waals surface area contributed by atoms with Gasteiger partial charge in [0.05, 0.1) is 6.04 Å². The lowest BCUT2D eigenvalue weighted by Gasteiger charge is -2.27. The standard InChI is InChI=1S/C17H19FN2/c1-11-7-8-14(18)10-16(11)20-15-6-4-3-5-13(15)9-17(20)12(2)19/h3-12,16H,19H2,1-2H3. The van der Waals surface area contributed by atoms with Gasteiger partial charge in [0.15, 0.2) is 0 Å². The van der Waals surface area contributed by atoms with Gasteiger partial charge in [0.1, 0.15) is 5.83 Å². The molecule has 2 N–H and O–H groups in total. The first-order valence-electron chi connectivity index (χ1n) is 6.99. The summed E-state index contributed by atoms with van der Waals surface area (Å²) in [6.07, 6.45) is 5.14. The van der Waals surface area contributed by atoms with E-state index in [1.54, 1.807) is 12.2 Å². The average molecular weight is 270 g/mol. The molecule has 0 aliphatic heterocycles. The van der Waals surface area contributed by atoms with Crippen LogP contribution in [0.1, 0.15) is 31.6 Å². The van der Waals surface area contributed by atoms with Crippen LogP contribution in [-0.4, -0.2) is 4.57 Å². The van der Waals surface area contributed by atoms with Crippen molar-refractivity contribution in [1.29, 1.82) is 0 Å². The monoisotopic (exact) mass is 270 g/mol. The fraction of sp³-hybridized carbons (Fsp3) is 0.294. The number of fused-ring (bicyclic) bond motifs is 1. The van der Waals surface area contributed by atoms with Gasteiger partial charge >= 0.3 is 0 Å². The summed E-state index contributed by atoms with van der Waals surface area (Å²) in [7, 11) is 0. The van der Waals surface area contributed by atoms with Crippen molar-refractivity contribution >= 4 is 10.9 Å². The van der Waals surface area contributed by atoms with Crippen LogP contribution in [0.2, 0.25) is 0 Å². The maximum atomic E-state index is 13.7. The first-order valence-corrected chi connectivity index (χ1v) is 6.99. The second-order valence-electron chi connectivity index (χ2n) is 5.55. The molecular formula is C17H19FN2. The molecule has 3 heteroatoms. The number of rotatable bonds is 2. The lowest BCUT2D eigenvalue weighted by Crippen LogP contribution is -2.21. The van der Waals surface area contributed by atoms with E-state index in [1.807, 2.05) is 25.1 Å². The molecule has 0 saturated carbocycles. The van der Waals surface area contributed by atoms with Gasteiger partial charge in [-0.2, -0.15) is 0 Å². The lowest BCUT2D eigenvalue weighted by molar-refractivity contribution is 0.459. The number of aromatic nitrogens is 1. The zero-order valence-electron chi connectivity index (χ0n) is 11.8. The molecule has 1 aliphatic carbocycles. The summed E-state index contributed by atoms with van der Waals surface area (Å²) in [5, 5.41) is 1.15. The minimum absolute atomic E-state index is 0.0269. The molecule has 0 amide bonds. The third-order valence-electron chi connectivity index (χ3n) is 3.97. The van der Waals surface area contributed by atoms with Crippen LogP contribution in [0.15, 0.2) is 54.4 Å². The number of halogens is 1. The predicted molar refractivity (Wildman–Crippen MR) is 81.1 cm³/mol. The smallest absolute Gasteiger partial charge is 0.121 e. The molecule has 104 valence electrons. The van der Waals surface area contributed by atoms with Crippen LogP contribution in [0, 0.1) is 5.92 Å². The molecule has 0 saturated heterocycles. The highest BCUT2D eigenvalue weighted by atomic mass is 19.1. The van der Waals surface area contributed by atoms with E-state index in [0.29, 0.717) is 0 Å². The molecule has 1 aliphatic rings. The Kier molecular flexibility index (Phi) is 3.22. The van der Waals surface area contributed by atoms with Crippen molar-refractivity contribution in [3.05, 3.63) is 60.1 Å². The van der Waals surface area contributed by atoms with Crippen molar-refractivity contribution in [1.82, 2.24) is 4.57 Å². The van der Waals surface area contributed by atoms with Gasteiger partial charge in [-0.3, -0.25) is 0 Å². The van der Waals surface area contributed by atoms with Crippen LogP contribution in [0.4, 0.5) is 4.39 Å². The first-order chi connectivity index (χ1) is 9.58. The minimum Gasteiger partial charge on any atom is -0.335 e. The number of nitrogens with zero attached hydrogens (tertiary/aromatic N) is 1. The molecule has 0 bridgehead atoms. The van der Waals surface area contributed by atoms with E-state index in [-0.39, 0.29) is 23.8 Å². The Morgan fingerprint density at radius 2 is 2.05 bits per heavy atom. The summed E-state index contributed by atoms with van der Waals surface area (Å²) in [6, 6.07) is 10.2. The normalized spacial score (nSPS) is 23.9. The predicted octanol–water partition coefficient (Wildman–Crippen LogP) is 4.26. The van der Waals surface area contributed by atoms with Gasteiger partial charge in [0.2, 0.25) is 0 Å². The van der Waals surface area contributed by atoms with Crippen LogP contribution >= 0.6 is 0 Å². The summed E-state index contributed by atoms with van der Waals surface area (Å²) in [6.45, 7) is 4.07. The maximum absolute atomic E-state index is 13.7. The molecule has 0 fully saturated rings. The highest BCUT2D eigenvalue weighted by Crippen LogP contribution is 2.35. The van der Waals surface area contributed by atoms with E-state index in [2.05, 4.69) is 29.7 Å². The Morgan fingerprint density at radius 3 is 2.80 bits per heavy atom. The van der Waals surface area contributed by atoms with Gasteiger partial charge in [-0.05, 0) is 42.5 Å². The molecule has 1 aromatic carbocycles. The average Bonchev–Trinajstić information content (AvgIpc) is 2.81. The molecule has 2 nitrogen and oxygen atoms in total. The lowest BCUT2D eigenvalue weighted by atomic mass is 9.95. The van der Waals surface area contributed by atoms with Crippen molar-refractivity contribution in [3.63, 3.8) is 0 Å². The minimum atomic E-state index is -0.179. The number of para-hydroxylation sites is 1. The van der Waals surface area contributed by atoms with Crippen LogP contribution in [0.5, 0.6) is 0 Å². The molecule has 3 rings (SSSR count). The van der Waals surface area contributed by atoms with E-state index in [1.165, 1.54) is 0 Å². The van der Waals surface area contributed by atoms with Crippen molar-refractivity contribution in [2.24, 2.45) is 11.7 Å². The van der Waals surface area contributed by atoms with E-state index in [0.717, 1.165) is 16.6 Å². The Morgan fingerprint density at radius 1 is 1.30 bits per heavy atom. The quantitative estimate of drug-likeness (QED) is 0.868. The SMILES string of the molecule is CC(N)c1cc2ccccc2n1C1C=C(F)C=CC1C. The van der Waals surface area contributed by atoms with E-state index in [9.17, 15) is 4.39 Å². The highest BCUT2D eigenvalue weighted by Gasteiger charge is 2.24. The Bertz CT molecular complexity index is 694. The molecule has 2 aromatic rings. The molecule has 1 aromatic heterocycles. The Labute approximate surface area is 118 Å². The third kappa shape index (κ3) is 2.08. The Balaban J connectivity index is 2.23. The second-order valence-corrected chi connectivity index (χ2v) is 5.55. The zero-order valence-corrected chi connectivity index (χ0v) is 11.8. The molecule has 3 unspecified atom stereocenters. The third-order valence-corrected chi connectivity index (χ3v) is 3.97. The van der Waals surface area contributed by atoms with Crippen molar-refractivity contribution in [2.45, 2.75) is 25.9 Å². The van der Waals surface area contributed by atoms with Gasteiger partial charge < -0.3 is 10.3 Å². The first kappa shape index (κ1) is 13.1. The van der Waals surface area contributed by atoms with Gasteiger partial charge in [0, 0.05) is 17.3 Å². The molecular weight excluding hydrogens is 251 g/mol. The van der Waals surface area contributed by atoms with Crippen molar-refractivity contribution in [3.8, 4) is 0 Å². The molecule has 0 radical (unpaired) electrons. The van der Waals surface area contributed by atoms with Crippen LogP contribution in [0.3, 0.4) is 0 Å². The number of nitrogens with two attached hydrogens (primary N) is 1. The van der Waals surface area contributed by atoms with E-state index in [4.69, 9.17) is 5.73 Å². The van der Waals surface area contributed by atoms with Gasteiger partial charge in [-0.25, -0.2) is 4.39 Å². The van der Waals surface area contributed by atoms with Crippen LogP contribution < -0.4 is 5.73 Å². The summed E-state index contributed by atoms with van der Waals surface area (Å²) < 4.78 is 15.8. The molecule has 20 heavy (non-hydrogen) atoms. The van der Waals surface area contributed by atoms with E-state index >= 15 is 0 Å². The van der Waals surface area contributed by atoms with Gasteiger partial charge in [0.25, 0.3) is 0 Å². The highest BCUT2D eigenvalue weighted by molar-refractivity contribution is 5.81. The second kappa shape index (κ2) is 4.91. The van der Waals surface area contributed by atoms with Crippen molar-refractivity contribution < 1.29 is 4.39 Å². The fourth-order valence-corrected chi connectivity index (χ4v) is 2.92. The molecule has 1 heterocycles. The maximum Gasteiger partial charge on any atom is 0.121 e. The van der Waals surface area contributed by atoms with Gasteiger partial charge in [-0.1, -0.05) is 31.2 Å². The largest absolute Gasteiger partial charge is 0.335 e. The van der Waals surface area contributed by atoms with Crippen LogP contribution in [-0.2, 0) is 0 Å². The summed E-state index contributed by atoms with van der Waals surface area (Å²) in [4.78, 5) is 0. The fourth-order valence-electron chi connectivity index (χ4n) is 2.92. The van der Waals surface area contributed by atoms with Crippen LogP contribution in [0.25, 0.3) is 10.9 Å². The van der Waals surface area contributed by atoms with Gasteiger partial charge in [-0.15, -0.1) is 0 Å². The van der Waals surface area contributed by atoms with E-state index < -0.39 is 0 Å². The molecule has 3 atom stereocenters. The Hall–Kier alpha value is -1.87. The summed E-state index contributed by atoms with van der Waals surface area (Å²) >= 11 is 0. The number of allylic oxidation sites excluding steroid dienone is 4. The zero-order chi connectivity index (χ0) is 14.3.